The standard InChI is InChI=1S/C52H88O8Si8/c1-61(2,3)53-45-33-46(54-62(4,5)6)38-25-37(45)29-39-26-40(48(56-64(10,11)12)34-47(39)55-63(7,8)9)31-43-28-44(52(60-68(22,23)24)36-51(43)59-67(19,20)21)32-42-27-41(30-38)49(57-65(13,14)15)35-50(42)58-66(16,17)18/h25-28,33-36H,29-32H2,1-24H3. The Labute approximate surface area is 421 Å². The van der Waals surface area contributed by atoms with E-state index in [2.05, 4.69) is 206 Å². The topological polar surface area (TPSA) is 73.8 Å². The van der Waals surface area contributed by atoms with E-state index in [1.54, 1.807) is 0 Å². The van der Waals surface area contributed by atoms with E-state index >= 15 is 0 Å². The van der Waals surface area contributed by atoms with Crippen LogP contribution in [0.1, 0.15) is 44.5 Å². The van der Waals surface area contributed by atoms with Crippen molar-refractivity contribution >= 4 is 66.5 Å². The minimum Gasteiger partial charge on any atom is -0.544 e. The lowest BCUT2D eigenvalue weighted by molar-refractivity contribution is 0.517. The van der Waals surface area contributed by atoms with Gasteiger partial charge in [-0.1, -0.05) is 0 Å². The minimum absolute atomic E-state index is 0.596. The smallest absolute Gasteiger partial charge is 0.242 e. The maximum absolute atomic E-state index is 7.08. The molecule has 0 amide bonds. The van der Waals surface area contributed by atoms with Crippen molar-refractivity contribution in [1.29, 1.82) is 0 Å². The summed E-state index contributed by atoms with van der Waals surface area (Å²) in [5, 5.41) is 0. The van der Waals surface area contributed by atoms with E-state index in [9.17, 15) is 0 Å². The number of rotatable bonds is 16. The van der Waals surface area contributed by atoms with E-state index < -0.39 is 66.5 Å². The first-order valence-corrected chi connectivity index (χ1v) is 52.0. The van der Waals surface area contributed by atoms with Crippen LogP contribution in [0.3, 0.4) is 0 Å². The second-order valence-corrected chi connectivity index (χ2v) is 62.1. The highest BCUT2D eigenvalue weighted by Gasteiger charge is 2.32. The molecule has 68 heavy (non-hydrogen) atoms. The molecule has 0 aromatic heterocycles. The van der Waals surface area contributed by atoms with Crippen molar-refractivity contribution in [3.63, 3.8) is 0 Å². The molecule has 0 N–H and O–H groups in total. The highest BCUT2D eigenvalue weighted by molar-refractivity contribution is 6.73. The molecular weight excluding hydrogens is 977 g/mol. The van der Waals surface area contributed by atoms with Crippen LogP contribution in [0.4, 0.5) is 0 Å². The summed E-state index contributed by atoms with van der Waals surface area (Å²) in [4.78, 5) is 0. The fourth-order valence-corrected chi connectivity index (χ4v) is 14.8. The Kier molecular flexibility index (Phi) is 16.4. The molecule has 4 aromatic carbocycles. The van der Waals surface area contributed by atoms with E-state index in [1.807, 2.05) is 0 Å². The van der Waals surface area contributed by atoms with E-state index in [0.717, 1.165) is 90.5 Å². The van der Waals surface area contributed by atoms with Crippen LogP contribution in [-0.2, 0) is 25.7 Å². The maximum Gasteiger partial charge on any atom is 0.242 e. The molecular formula is C52H88O8Si8. The van der Waals surface area contributed by atoms with Crippen molar-refractivity contribution in [2.24, 2.45) is 0 Å². The van der Waals surface area contributed by atoms with Crippen LogP contribution in [0.15, 0.2) is 48.5 Å². The molecule has 5 rings (SSSR count). The van der Waals surface area contributed by atoms with Crippen LogP contribution >= 0.6 is 0 Å². The van der Waals surface area contributed by atoms with Gasteiger partial charge in [0.05, 0.1) is 0 Å². The predicted molar refractivity (Wildman–Crippen MR) is 309 cm³/mol. The normalized spacial score (nSPS) is 14.2. The van der Waals surface area contributed by atoms with E-state index in [0.29, 0.717) is 25.7 Å². The molecule has 0 aliphatic heterocycles. The van der Waals surface area contributed by atoms with Gasteiger partial charge in [0, 0.05) is 49.9 Å². The molecule has 0 atom stereocenters. The fraction of sp³-hybridized carbons (Fsp3) is 0.538. The van der Waals surface area contributed by atoms with Gasteiger partial charge in [0.1, 0.15) is 46.0 Å². The fourth-order valence-electron chi connectivity index (χ4n) is 7.95. The van der Waals surface area contributed by atoms with Crippen LogP contribution in [0.2, 0.25) is 157 Å². The molecule has 1 aliphatic rings. The highest BCUT2D eigenvalue weighted by atomic mass is 28.4. The van der Waals surface area contributed by atoms with Gasteiger partial charge in [-0.2, -0.15) is 0 Å². The molecule has 376 valence electrons. The Morgan fingerprint density at radius 2 is 0.294 bits per heavy atom. The van der Waals surface area contributed by atoms with Gasteiger partial charge in [-0.15, -0.1) is 0 Å². The maximum atomic E-state index is 7.08. The zero-order valence-corrected chi connectivity index (χ0v) is 54.7. The summed E-state index contributed by atoms with van der Waals surface area (Å²) in [5.74, 6) is 6.98. The van der Waals surface area contributed by atoms with Crippen molar-refractivity contribution in [3.05, 3.63) is 93.0 Å². The van der Waals surface area contributed by atoms with Crippen LogP contribution in [0.5, 0.6) is 46.0 Å². The highest BCUT2D eigenvalue weighted by Crippen LogP contribution is 2.44. The molecule has 16 heteroatoms. The summed E-state index contributed by atoms with van der Waals surface area (Å²) in [6.07, 6.45) is 2.39. The van der Waals surface area contributed by atoms with Crippen LogP contribution in [0, 0.1) is 0 Å². The van der Waals surface area contributed by atoms with Crippen molar-refractivity contribution in [1.82, 2.24) is 0 Å². The summed E-state index contributed by atoms with van der Waals surface area (Å²) in [6.45, 7) is 54.1. The van der Waals surface area contributed by atoms with Crippen molar-refractivity contribution in [3.8, 4) is 46.0 Å². The van der Waals surface area contributed by atoms with E-state index in [4.69, 9.17) is 35.4 Å². The Morgan fingerprint density at radius 1 is 0.191 bits per heavy atom. The predicted octanol–water partition coefficient (Wildman–Crippen LogP) is 16.1. The summed E-state index contributed by atoms with van der Waals surface area (Å²) in [6, 6.07) is 18.2. The Balaban J connectivity index is 2.02. The van der Waals surface area contributed by atoms with Crippen LogP contribution in [-0.4, -0.2) is 66.5 Å². The Hall–Kier alpha value is -2.98. The number of hydrogen-bond donors (Lipinski definition) is 0. The summed E-state index contributed by atoms with van der Waals surface area (Å²) < 4.78 is 56.6. The third-order valence-corrected chi connectivity index (χ3v) is 16.5. The van der Waals surface area contributed by atoms with Gasteiger partial charge in [-0.25, -0.2) is 0 Å². The van der Waals surface area contributed by atoms with Crippen LogP contribution in [0.25, 0.3) is 0 Å². The lowest BCUT2D eigenvalue weighted by atomic mass is 9.91. The van der Waals surface area contributed by atoms with Crippen molar-refractivity contribution < 1.29 is 35.4 Å². The first-order valence-electron chi connectivity index (χ1n) is 24.7. The number of fused-ring (bicyclic) bond motifs is 8. The number of hydrogen-bond acceptors (Lipinski definition) is 8. The summed E-state index contributed by atoms with van der Waals surface area (Å²) in [7, 11) is -16.9. The van der Waals surface area contributed by atoms with Gasteiger partial charge in [-0.05, 0) is 226 Å². The molecule has 0 spiro atoms. The molecule has 8 bridgehead atoms. The SMILES string of the molecule is C[Si](C)(C)Oc1cc(O[Si](C)(C)C)c2cc1Cc1cc(c(O[Si](C)(C)C)cc1O[Si](C)(C)C)Cc1cc(c(O[Si](C)(C)C)cc1O[Si](C)(C)C)Cc1cc(c(O[Si](C)(C)C)cc1O[Si](C)(C)C)C2. The average molecular weight is 1070 g/mol. The lowest BCUT2D eigenvalue weighted by Gasteiger charge is -2.30. The average Bonchev–Trinajstić information content (AvgIpc) is 3.06. The second kappa shape index (κ2) is 19.9. The molecule has 0 fully saturated rings. The third kappa shape index (κ3) is 17.7. The van der Waals surface area contributed by atoms with Gasteiger partial charge >= 0.3 is 0 Å². The quantitative estimate of drug-likeness (QED) is 0.0905. The van der Waals surface area contributed by atoms with Gasteiger partial charge < -0.3 is 35.4 Å². The molecule has 0 heterocycles. The number of benzene rings is 4. The van der Waals surface area contributed by atoms with E-state index in [1.165, 1.54) is 0 Å². The molecule has 0 saturated carbocycles. The summed E-state index contributed by atoms with van der Waals surface area (Å²) >= 11 is 0. The first-order chi connectivity index (χ1) is 30.6. The molecule has 4 aromatic rings. The molecule has 8 nitrogen and oxygen atoms in total. The van der Waals surface area contributed by atoms with Gasteiger partial charge in [0.15, 0.2) is 0 Å². The molecule has 0 saturated heterocycles. The first kappa shape index (κ1) is 55.9. The van der Waals surface area contributed by atoms with Crippen LogP contribution < -0.4 is 35.4 Å². The van der Waals surface area contributed by atoms with Crippen molar-refractivity contribution in [2.75, 3.05) is 0 Å². The third-order valence-electron chi connectivity index (χ3n) is 9.83. The zero-order chi connectivity index (χ0) is 51.4. The van der Waals surface area contributed by atoms with Crippen molar-refractivity contribution in [2.45, 2.75) is 183 Å². The Bertz CT molecular complexity index is 1960. The van der Waals surface area contributed by atoms with E-state index in [-0.39, 0.29) is 0 Å². The largest absolute Gasteiger partial charge is 0.544 e. The monoisotopic (exact) mass is 1060 g/mol. The van der Waals surface area contributed by atoms with Gasteiger partial charge in [0.25, 0.3) is 0 Å². The second-order valence-electron chi connectivity index (χ2n) is 26.7. The minimum atomic E-state index is -2.11. The van der Waals surface area contributed by atoms with Gasteiger partial charge in [-0.3, -0.25) is 0 Å². The zero-order valence-electron chi connectivity index (χ0n) is 46.7. The summed E-state index contributed by atoms with van der Waals surface area (Å²) in [5.41, 5.74) is 8.83. The molecule has 0 unspecified atom stereocenters. The molecule has 1 aliphatic carbocycles. The lowest BCUT2D eigenvalue weighted by Crippen LogP contribution is -2.32. The molecule has 0 radical (unpaired) electrons. The Morgan fingerprint density at radius 3 is 0.382 bits per heavy atom. The van der Waals surface area contributed by atoms with Gasteiger partial charge in [0.2, 0.25) is 66.5 Å².